The van der Waals surface area contributed by atoms with Gasteiger partial charge >= 0.3 is 0 Å². The summed E-state index contributed by atoms with van der Waals surface area (Å²) in [6, 6.07) is 6.10. The first-order valence-corrected chi connectivity index (χ1v) is 6.42. The van der Waals surface area contributed by atoms with Gasteiger partial charge in [-0.1, -0.05) is 30.4 Å². The molecule has 0 atom stereocenters. The lowest BCUT2D eigenvalue weighted by atomic mass is 10.1. The summed E-state index contributed by atoms with van der Waals surface area (Å²) in [6.45, 7) is 6.06. The van der Waals surface area contributed by atoms with Crippen molar-refractivity contribution in [3.63, 3.8) is 0 Å². The highest BCUT2D eigenvalue weighted by Gasteiger charge is 2.12. The summed E-state index contributed by atoms with van der Waals surface area (Å²) in [4.78, 5) is 2.08. The Labute approximate surface area is 115 Å². The molecule has 0 aromatic heterocycles. The van der Waals surface area contributed by atoms with Crippen LogP contribution in [0.4, 0.5) is 5.69 Å². The molecule has 1 heterocycles. The SMILES string of the molecule is C/C=C/N1/C=C/C=C\C=C(/C)Oc2cccc(C)c21. The zero-order valence-corrected chi connectivity index (χ0v) is 11.6. The van der Waals surface area contributed by atoms with Gasteiger partial charge in [0.15, 0.2) is 5.75 Å². The molecule has 0 amide bonds. The maximum atomic E-state index is 5.93. The van der Waals surface area contributed by atoms with Gasteiger partial charge in [0.25, 0.3) is 0 Å². The molecule has 1 aromatic carbocycles. The van der Waals surface area contributed by atoms with Gasteiger partial charge in [-0.3, -0.25) is 0 Å². The molecule has 2 rings (SSSR count). The lowest BCUT2D eigenvalue weighted by Crippen LogP contribution is -2.10. The molecule has 0 saturated carbocycles. The second kappa shape index (κ2) is 6.10. The lowest BCUT2D eigenvalue weighted by Gasteiger charge is -2.22. The number of para-hydroxylation sites is 1. The Bertz CT molecular complexity index is 565. The molecule has 2 nitrogen and oxygen atoms in total. The third kappa shape index (κ3) is 3.16. The van der Waals surface area contributed by atoms with E-state index >= 15 is 0 Å². The quantitative estimate of drug-likeness (QED) is 0.719. The van der Waals surface area contributed by atoms with Crippen molar-refractivity contribution in [1.29, 1.82) is 0 Å². The topological polar surface area (TPSA) is 12.5 Å². The summed E-state index contributed by atoms with van der Waals surface area (Å²) < 4.78 is 5.93. The van der Waals surface area contributed by atoms with Crippen molar-refractivity contribution in [2.24, 2.45) is 0 Å². The van der Waals surface area contributed by atoms with E-state index in [0.717, 1.165) is 17.2 Å². The fourth-order valence-electron chi connectivity index (χ4n) is 2.01. The van der Waals surface area contributed by atoms with Crippen LogP contribution in [-0.4, -0.2) is 0 Å². The maximum absolute atomic E-state index is 5.93. The average Bonchev–Trinajstić information content (AvgIpc) is 2.37. The molecule has 0 saturated heterocycles. The van der Waals surface area contributed by atoms with Crippen molar-refractivity contribution < 1.29 is 4.74 Å². The highest BCUT2D eigenvalue weighted by atomic mass is 16.5. The van der Waals surface area contributed by atoms with E-state index < -0.39 is 0 Å². The molecule has 2 heteroatoms. The molecular weight excluding hydrogens is 234 g/mol. The molecule has 98 valence electrons. The van der Waals surface area contributed by atoms with E-state index in [1.54, 1.807) is 0 Å². The van der Waals surface area contributed by atoms with Crippen LogP contribution in [0.25, 0.3) is 0 Å². The van der Waals surface area contributed by atoms with Crippen LogP contribution in [0, 0.1) is 6.92 Å². The maximum Gasteiger partial charge on any atom is 0.151 e. The lowest BCUT2D eigenvalue weighted by molar-refractivity contribution is 0.428. The Morgan fingerprint density at radius 1 is 1.11 bits per heavy atom. The van der Waals surface area contributed by atoms with Crippen LogP contribution in [-0.2, 0) is 0 Å². The third-order valence-electron chi connectivity index (χ3n) is 2.84. The highest BCUT2D eigenvalue weighted by Crippen LogP contribution is 2.34. The van der Waals surface area contributed by atoms with Crippen LogP contribution in [0.3, 0.4) is 0 Å². The zero-order valence-electron chi connectivity index (χ0n) is 11.6. The number of benzene rings is 1. The van der Waals surface area contributed by atoms with Crippen molar-refractivity contribution in [2.45, 2.75) is 20.8 Å². The molecule has 0 aliphatic carbocycles. The Balaban J connectivity index is 2.58. The summed E-state index contributed by atoms with van der Waals surface area (Å²) in [7, 11) is 0. The van der Waals surface area contributed by atoms with Crippen molar-refractivity contribution in [3.05, 3.63) is 72.3 Å². The minimum absolute atomic E-state index is 0.867. The number of hydrogen-bond acceptors (Lipinski definition) is 2. The molecule has 0 N–H and O–H groups in total. The first kappa shape index (κ1) is 13.2. The van der Waals surface area contributed by atoms with Crippen LogP contribution in [0.5, 0.6) is 5.75 Å². The average molecular weight is 253 g/mol. The van der Waals surface area contributed by atoms with Gasteiger partial charge < -0.3 is 9.64 Å². The second-order valence-corrected chi connectivity index (χ2v) is 4.42. The summed E-state index contributed by atoms with van der Waals surface area (Å²) >= 11 is 0. The second-order valence-electron chi connectivity index (χ2n) is 4.42. The summed E-state index contributed by atoms with van der Waals surface area (Å²) in [6.07, 6.45) is 14.0. The molecule has 0 spiro atoms. The number of anilines is 1. The number of ether oxygens (including phenoxy) is 1. The molecule has 19 heavy (non-hydrogen) atoms. The van der Waals surface area contributed by atoms with Crippen LogP contribution in [0.1, 0.15) is 19.4 Å². The van der Waals surface area contributed by atoms with Crippen molar-refractivity contribution >= 4 is 5.69 Å². The Morgan fingerprint density at radius 3 is 2.74 bits per heavy atom. The number of allylic oxidation sites excluding steroid dienone is 6. The number of rotatable bonds is 1. The molecule has 1 aromatic rings. The Hall–Kier alpha value is -2.22. The van der Waals surface area contributed by atoms with Gasteiger partial charge in [0.2, 0.25) is 0 Å². The first-order chi connectivity index (χ1) is 9.22. The minimum Gasteiger partial charge on any atom is -0.460 e. The third-order valence-corrected chi connectivity index (χ3v) is 2.84. The van der Waals surface area contributed by atoms with Gasteiger partial charge in [-0.25, -0.2) is 0 Å². The molecule has 1 aliphatic heterocycles. The standard InChI is InChI=1S/C17H19NO/c1-4-12-18-13-7-5-6-10-15(3)19-16-11-8-9-14(2)17(16)18/h4-13H,1-3H3/b6-5-,12-4+,13-7+,15-10+. The normalized spacial score (nSPS) is 21.2. The van der Waals surface area contributed by atoms with Crippen LogP contribution in [0.2, 0.25) is 0 Å². The van der Waals surface area contributed by atoms with E-state index in [2.05, 4.69) is 17.9 Å². The fourth-order valence-corrected chi connectivity index (χ4v) is 2.01. The zero-order chi connectivity index (χ0) is 13.7. The van der Waals surface area contributed by atoms with Crippen molar-refractivity contribution in [3.8, 4) is 5.75 Å². The molecule has 0 bridgehead atoms. The van der Waals surface area contributed by atoms with Gasteiger partial charge in [0.05, 0.1) is 5.69 Å². The summed E-state index contributed by atoms with van der Waals surface area (Å²) in [5.41, 5.74) is 2.25. The van der Waals surface area contributed by atoms with Crippen LogP contribution in [0.15, 0.2) is 66.7 Å². The number of hydrogen-bond donors (Lipinski definition) is 0. The Kier molecular flexibility index (Phi) is 4.24. The van der Waals surface area contributed by atoms with Gasteiger partial charge in [0.1, 0.15) is 5.76 Å². The van der Waals surface area contributed by atoms with E-state index in [1.807, 2.05) is 68.8 Å². The summed E-state index contributed by atoms with van der Waals surface area (Å²) in [5, 5.41) is 0. The largest absolute Gasteiger partial charge is 0.460 e. The number of nitrogens with zero attached hydrogens (tertiary/aromatic N) is 1. The monoisotopic (exact) mass is 253 g/mol. The molecule has 0 fully saturated rings. The van der Waals surface area contributed by atoms with Gasteiger partial charge in [-0.15, -0.1) is 0 Å². The van der Waals surface area contributed by atoms with E-state index in [-0.39, 0.29) is 0 Å². The van der Waals surface area contributed by atoms with Crippen molar-refractivity contribution in [1.82, 2.24) is 0 Å². The molecular formula is C17H19NO. The molecule has 0 radical (unpaired) electrons. The smallest absolute Gasteiger partial charge is 0.151 e. The predicted molar refractivity (Wildman–Crippen MR) is 81.1 cm³/mol. The minimum atomic E-state index is 0.867. The molecule has 1 aliphatic rings. The summed E-state index contributed by atoms with van der Waals surface area (Å²) in [5.74, 6) is 1.74. The highest BCUT2D eigenvalue weighted by molar-refractivity contribution is 5.67. The number of aryl methyl sites for hydroxylation is 1. The number of fused-ring (bicyclic) bond motifs is 1. The fraction of sp³-hybridized carbons (Fsp3) is 0.176. The van der Waals surface area contributed by atoms with Gasteiger partial charge in [-0.05, 0) is 44.6 Å². The Morgan fingerprint density at radius 2 is 1.95 bits per heavy atom. The van der Waals surface area contributed by atoms with Crippen molar-refractivity contribution in [2.75, 3.05) is 4.90 Å². The van der Waals surface area contributed by atoms with E-state index in [9.17, 15) is 0 Å². The van der Waals surface area contributed by atoms with E-state index in [0.29, 0.717) is 0 Å². The first-order valence-electron chi connectivity index (χ1n) is 6.42. The predicted octanol–water partition coefficient (Wildman–Crippen LogP) is 4.70. The van der Waals surface area contributed by atoms with Crippen LogP contribution < -0.4 is 9.64 Å². The van der Waals surface area contributed by atoms with E-state index in [4.69, 9.17) is 4.74 Å². The van der Waals surface area contributed by atoms with E-state index in [1.165, 1.54) is 5.56 Å². The van der Waals surface area contributed by atoms with Gasteiger partial charge in [0, 0.05) is 12.4 Å². The van der Waals surface area contributed by atoms with Crippen LogP contribution >= 0.6 is 0 Å². The molecule has 0 unspecified atom stereocenters. The van der Waals surface area contributed by atoms with Gasteiger partial charge in [-0.2, -0.15) is 0 Å².